The predicted octanol–water partition coefficient (Wildman–Crippen LogP) is 5.55. The second kappa shape index (κ2) is 9.34. The first kappa shape index (κ1) is 24.5. The van der Waals surface area contributed by atoms with Crippen molar-refractivity contribution < 1.29 is 19.0 Å². The van der Waals surface area contributed by atoms with Crippen molar-refractivity contribution in [2.45, 2.75) is 45.4 Å². The van der Waals surface area contributed by atoms with Crippen LogP contribution in [0.25, 0.3) is 22.3 Å². The maximum atomic E-state index is 16.1. The van der Waals surface area contributed by atoms with E-state index in [0.717, 1.165) is 11.3 Å². The van der Waals surface area contributed by atoms with Crippen molar-refractivity contribution in [3.8, 4) is 22.8 Å². The molecule has 1 fully saturated rings. The van der Waals surface area contributed by atoms with Crippen LogP contribution < -0.4 is 10.5 Å². The number of ether oxygens (including phenoxy) is 1. The molecular weight excluding hydrogens is 475 g/mol. The molecule has 3 N–H and O–H groups in total. The molecule has 3 atom stereocenters. The first-order valence-electron chi connectivity index (χ1n) is 12.1. The lowest BCUT2D eigenvalue weighted by Crippen LogP contribution is -2.58. The van der Waals surface area contributed by atoms with E-state index in [-0.39, 0.29) is 18.8 Å². The number of rotatable bonds is 4. The third-order valence-electron chi connectivity index (χ3n) is 6.74. The van der Waals surface area contributed by atoms with Gasteiger partial charge in [0.1, 0.15) is 35.5 Å². The van der Waals surface area contributed by atoms with Crippen LogP contribution in [0.15, 0.2) is 60.9 Å². The largest absolute Gasteiger partial charge is 0.465 e. The fourth-order valence-corrected chi connectivity index (χ4v) is 5.10. The molecule has 0 aliphatic carbocycles. The standard InChI is InChI=1S/C27H29FN6O3/c1-27(2,3)23-21(28)19(13-14-33(23)26(35)36)34-25-20(24(29)30-15-31-25)22(32-34)16-9-11-18(12-10-16)37-17-7-5-4-6-8-17/h4-12,15,19,21,23H,13-14H2,1-3H3,(H,35,36)(H2,29,30,31)/t19-,21+,23?/m1/s1. The summed E-state index contributed by atoms with van der Waals surface area (Å²) >= 11 is 0. The molecule has 0 spiro atoms. The van der Waals surface area contributed by atoms with Gasteiger partial charge in [-0.2, -0.15) is 5.10 Å². The molecule has 37 heavy (non-hydrogen) atoms. The minimum Gasteiger partial charge on any atom is -0.465 e. The highest BCUT2D eigenvalue weighted by Crippen LogP contribution is 2.41. The molecule has 1 amide bonds. The van der Waals surface area contributed by atoms with Crippen LogP contribution in [-0.4, -0.2) is 54.6 Å². The number of hydrogen-bond donors (Lipinski definition) is 2. The maximum Gasteiger partial charge on any atom is 0.407 e. The van der Waals surface area contributed by atoms with Crippen molar-refractivity contribution in [1.29, 1.82) is 0 Å². The average molecular weight is 505 g/mol. The lowest BCUT2D eigenvalue weighted by atomic mass is 9.78. The van der Waals surface area contributed by atoms with E-state index in [0.29, 0.717) is 22.5 Å². The van der Waals surface area contributed by atoms with Gasteiger partial charge in [-0.1, -0.05) is 39.0 Å². The zero-order chi connectivity index (χ0) is 26.3. The summed E-state index contributed by atoms with van der Waals surface area (Å²) in [6, 6.07) is 15.3. The van der Waals surface area contributed by atoms with Crippen LogP contribution in [0.2, 0.25) is 0 Å². The summed E-state index contributed by atoms with van der Waals surface area (Å²) in [6.45, 7) is 5.71. The highest BCUT2D eigenvalue weighted by atomic mass is 19.1. The third-order valence-corrected chi connectivity index (χ3v) is 6.74. The number of nitrogens with two attached hydrogens (primary N) is 1. The summed E-state index contributed by atoms with van der Waals surface area (Å²) in [6.07, 6.45) is -1.04. The van der Waals surface area contributed by atoms with E-state index >= 15 is 4.39 Å². The lowest BCUT2D eigenvalue weighted by Gasteiger charge is -2.46. The van der Waals surface area contributed by atoms with Crippen LogP contribution in [0.4, 0.5) is 15.0 Å². The molecule has 4 aromatic rings. The lowest BCUT2D eigenvalue weighted by molar-refractivity contribution is -0.0197. The Morgan fingerprint density at radius 2 is 1.76 bits per heavy atom. The summed E-state index contributed by atoms with van der Waals surface area (Å²) in [5.74, 6) is 1.61. The Bertz CT molecular complexity index is 1420. The molecule has 10 heteroatoms. The van der Waals surface area contributed by atoms with Gasteiger partial charge >= 0.3 is 6.09 Å². The molecular formula is C27H29FN6O3. The Balaban J connectivity index is 1.54. The molecule has 1 aliphatic heterocycles. The SMILES string of the molecule is CC(C)(C)C1[C@@H](F)[C@H](n2nc(-c3ccc(Oc4ccccc4)cc3)c3c(N)ncnc32)CCN1C(=O)O. The number of anilines is 1. The van der Waals surface area contributed by atoms with Crippen molar-refractivity contribution in [2.24, 2.45) is 5.41 Å². The first-order valence-corrected chi connectivity index (χ1v) is 12.1. The van der Waals surface area contributed by atoms with E-state index in [2.05, 4.69) is 9.97 Å². The predicted molar refractivity (Wildman–Crippen MR) is 138 cm³/mol. The monoisotopic (exact) mass is 504 g/mol. The van der Waals surface area contributed by atoms with Crippen LogP contribution in [0.5, 0.6) is 11.5 Å². The van der Waals surface area contributed by atoms with Gasteiger partial charge in [-0.3, -0.25) is 0 Å². The van der Waals surface area contributed by atoms with Crippen LogP contribution in [-0.2, 0) is 0 Å². The first-order chi connectivity index (χ1) is 17.6. The second-order valence-electron chi connectivity index (χ2n) is 10.3. The van der Waals surface area contributed by atoms with Crippen molar-refractivity contribution in [3.63, 3.8) is 0 Å². The quantitative estimate of drug-likeness (QED) is 0.374. The van der Waals surface area contributed by atoms with Crippen molar-refractivity contribution in [2.75, 3.05) is 12.3 Å². The summed E-state index contributed by atoms with van der Waals surface area (Å²) in [5.41, 5.74) is 7.32. The van der Waals surface area contributed by atoms with Gasteiger partial charge in [-0.05, 0) is 48.2 Å². The van der Waals surface area contributed by atoms with Crippen LogP contribution in [0.3, 0.4) is 0 Å². The Morgan fingerprint density at radius 1 is 1.08 bits per heavy atom. The number of amides is 1. The number of fused-ring (bicyclic) bond motifs is 1. The van der Waals surface area contributed by atoms with Crippen LogP contribution >= 0.6 is 0 Å². The van der Waals surface area contributed by atoms with Crippen molar-refractivity contribution in [3.05, 3.63) is 60.9 Å². The Morgan fingerprint density at radius 3 is 2.41 bits per heavy atom. The molecule has 3 heterocycles. The van der Waals surface area contributed by atoms with Crippen LogP contribution in [0.1, 0.15) is 33.2 Å². The van der Waals surface area contributed by atoms with Gasteiger partial charge in [-0.25, -0.2) is 23.8 Å². The fourth-order valence-electron chi connectivity index (χ4n) is 5.10. The van der Waals surface area contributed by atoms with Gasteiger partial charge in [0.2, 0.25) is 0 Å². The van der Waals surface area contributed by atoms with Crippen molar-refractivity contribution in [1.82, 2.24) is 24.6 Å². The minimum absolute atomic E-state index is 0.186. The summed E-state index contributed by atoms with van der Waals surface area (Å²) < 4.78 is 23.6. The fraction of sp³-hybridized carbons (Fsp3) is 0.333. The Labute approximate surface area is 213 Å². The van der Waals surface area contributed by atoms with Gasteiger partial charge < -0.3 is 20.5 Å². The van der Waals surface area contributed by atoms with Gasteiger partial charge in [0.05, 0.1) is 17.5 Å². The smallest absolute Gasteiger partial charge is 0.407 e. The van der Waals surface area contributed by atoms with E-state index in [1.165, 1.54) is 11.2 Å². The number of hydrogen-bond acceptors (Lipinski definition) is 6. The molecule has 1 unspecified atom stereocenters. The molecule has 2 aromatic carbocycles. The molecule has 5 rings (SSSR count). The molecule has 2 aromatic heterocycles. The number of para-hydroxylation sites is 1. The number of carboxylic acid groups (broad SMARTS) is 1. The second-order valence-corrected chi connectivity index (χ2v) is 10.3. The van der Waals surface area contributed by atoms with E-state index in [9.17, 15) is 9.90 Å². The number of alkyl halides is 1. The van der Waals surface area contributed by atoms with E-state index in [4.69, 9.17) is 15.6 Å². The molecule has 1 saturated heterocycles. The Hall–Kier alpha value is -4.21. The van der Waals surface area contributed by atoms with Gasteiger partial charge in [0.15, 0.2) is 5.65 Å². The zero-order valence-corrected chi connectivity index (χ0v) is 20.9. The number of piperidine rings is 1. The highest BCUT2D eigenvalue weighted by Gasteiger charge is 2.48. The number of carbonyl (C=O) groups is 1. The summed E-state index contributed by atoms with van der Waals surface area (Å²) in [4.78, 5) is 21.6. The molecule has 0 saturated carbocycles. The number of nitrogen functional groups attached to an aromatic ring is 1. The molecule has 0 bridgehead atoms. The minimum atomic E-state index is -1.50. The maximum absolute atomic E-state index is 16.1. The number of nitrogens with zero attached hydrogens (tertiary/aromatic N) is 5. The summed E-state index contributed by atoms with van der Waals surface area (Å²) in [5, 5.41) is 15.0. The average Bonchev–Trinajstić information content (AvgIpc) is 3.25. The molecule has 0 radical (unpaired) electrons. The van der Waals surface area contributed by atoms with E-state index < -0.39 is 29.8 Å². The van der Waals surface area contributed by atoms with E-state index in [1.807, 2.05) is 75.4 Å². The molecule has 1 aliphatic rings. The topological polar surface area (TPSA) is 119 Å². The van der Waals surface area contributed by atoms with Gasteiger partial charge in [-0.15, -0.1) is 0 Å². The third kappa shape index (κ3) is 4.54. The van der Waals surface area contributed by atoms with Crippen molar-refractivity contribution >= 4 is 22.9 Å². The summed E-state index contributed by atoms with van der Waals surface area (Å²) in [7, 11) is 0. The molecule has 9 nitrogen and oxygen atoms in total. The number of likely N-dealkylation sites (tertiary alicyclic amines) is 1. The number of halogens is 1. The number of benzene rings is 2. The van der Waals surface area contributed by atoms with Gasteiger partial charge in [0.25, 0.3) is 0 Å². The van der Waals surface area contributed by atoms with E-state index in [1.54, 1.807) is 4.68 Å². The Kier molecular flexibility index (Phi) is 6.18. The highest BCUT2D eigenvalue weighted by molar-refractivity contribution is 5.98. The normalized spacial score (nSPS) is 20.2. The van der Waals surface area contributed by atoms with Gasteiger partial charge in [0, 0.05) is 12.1 Å². The zero-order valence-electron chi connectivity index (χ0n) is 20.9. The molecule has 192 valence electrons. The number of aromatic nitrogens is 4. The van der Waals surface area contributed by atoms with Crippen LogP contribution in [0, 0.1) is 5.41 Å².